The number of hydrogen-bond donors (Lipinski definition) is 0. The molecule has 0 aromatic heterocycles. The Bertz CT molecular complexity index is 382. The summed E-state index contributed by atoms with van der Waals surface area (Å²) in [5, 5.41) is 9.03. The Morgan fingerprint density at radius 3 is 2.88 bits per heavy atom. The van der Waals surface area contributed by atoms with Gasteiger partial charge in [0.15, 0.2) is 0 Å². The second-order valence-electron chi connectivity index (χ2n) is 3.36. The second kappa shape index (κ2) is 6.65. The molecule has 0 atom stereocenters. The van der Waals surface area contributed by atoms with Crippen molar-refractivity contribution < 1.29 is 4.74 Å². The van der Waals surface area contributed by atoms with Crippen molar-refractivity contribution in [2.24, 2.45) is 0 Å². The van der Waals surface area contributed by atoms with Gasteiger partial charge in [-0.1, -0.05) is 18.2 Å². The molecule has 0 amide bonds. The first-order valence-electron chi connectivity index (χ1n) is 5.17. The number of ether oxygens (including phenoxy) is 1. The topological polar surface area (TPSA) is 36.3 Å². The van der Waals surface area contributed by atoms with E-state index in [-0.39, 0.29) is 0 Å². The van der Waals surface area contributed by atoms with Crippen LogP contribution < -0.4 is 4.90 Å². The first kappa shape index (κ1) is 12.3. The van der Waals surface area contributed by atoms with E-state index in [0.717, 1.165) is 12.2 Å². The van der Waals surface area contributed by atoms with Crippen molar-refractivity contribution in [3.05, 3.63) is 42.5 Å². The number of anilines is 1. The number of nitrogens with zero attached hydrogens (tertiary/aromatic N) is 2. The summed E-state index contributed by atoms with van der Waals surface area (Å²) in [4.78, 5) is 2.08. The normalized spacial score (nSPS) is 9.50. The fourth-order valence-corrected chi connectivity index (χ4v) is 1.51. The minimum absolute atomic E-state index is 0.633. The van der Waals surface area contributed by atoms with E-state index in [1.54, 1.807) is 7.11 Å². The summed E-state index contributed by atoms with van der Waals surface area (Å²) in [5.41, 5.74) is 1.61. The van der Waals surface area contributed by atoms with Crippen LogP contribution in [0.15, 0.2) is 36.9 Å². The van der Waals surface area contributed by atoms with Crippen molar-refractivity contribution in [2.75, 3.05) is 31.7 Å². The zero-order chi connectivity index (χ0) is 11.8. The van der Waals surface area contributed by atoms with Crippen LogP contribution in [-0.4, -0.2) is 26.8 Å². The molecule has 1 aromatic carbocycles. The van der Waals surface area contributed by atoms with Crippen LogP contribution >= 0.6 is 0 Å². The Labute approximate surface area is 96.6 Å². The van der Waals surface area contributed by atoms with Gasteiger partial charge in [-0.3, -0.25) is 0 Å². The molecule has 0 bridgehead atoms. The van der Waals surface area contributed by atoms with E-state index < -0.39 is 0 Å². The highest BCUT2D eigenvalue weighted by molar-refractivity contribution is 5.59. The van der Waals surface area contributed by atoms with Gasteiger partial charge >= 0.3 is 0 Å². The van der Waals surface area contributed by atoms with Crippen molar-refractivity contribution in [3.8, 4) is 6.07 Å². The second-order valence-corrected chi connectivity index (χ2v) is 3.36. The zero-order valence-electron chi connectivity index (χ0n) is 9.52. The third-order valence-corrected chi connectivity index (χ3v) is 2.28. The van der Waals surface area contributed by atoms with Gasteiger partial charge in [0.2, 0.25) is 0 Å². The fraction of sp³-hybridized carbons (Fsp3) is 0.308. The molecule has 0 fully saturated rings. The first-order valence-corrected chi connectivity index (χ1v) is 5.17. The lowest BCUT2D eigenvalue weighted by atomic mass is 10.1. The molecule has 0 aliphatic heterocycles. The Hall–Kier alpha value is -1.79. The van der Waals surface area contributed by atoms with Crippen molar-refractivity contribution in [1.29, 1.82) is 5.26 Å². The van der Waals surface area contributed by atoms with Crippen molar-refractivity contribution in [2.45, 2.75) is 0 Å². The summed E-state index contributed by atoms with van der Waals surface area (Å²) >= 11 is 0. The molecule has 0 heterocycles. The van der Waals surface area contributed by atoms with Crippen LogP contribution in [0.2, 0.25) is 0 Å². The van der Waals surface area contributed by atoms with E-state index in [2.05, 4.69) is 17.5 Å². The summed E-state index contributed by atoms with van der Waals surface area (Å²) in [5.74, 6) is 0. The van der Waals surface area contributed by atoms with E-state index in [9.17, 15) is 0 Å². The van der Waals surface area contributed by atoms with Gasteiger partial charge < -0.3 is 9.64 Å². The maximum absolute atomic E-state index is 9.03. The molecule has 1 aromatic rings. The zero-order valence-corrected chi connectivity index (χ0v) is 9.52. The van der Waals surface area contributed by atoms with E-state index in [4.69, 9.17) is 10.00 Å². The SMILES string of the molecule is C=CCN(CCOC)c1ccccc1C#N. The fourth-order valence-electron chi connectivity index (χ4n) is 1.51. The van der Waals surface area contributed by atoms with Gasteiger partial charge in [-0.2, -0.15) is 5.26 Å². The quantitative estimate of drug-likeness (QED) is 0.684. The average molecular weight is 216 g/mol. The monoisotopic (exact) mass is 216 g/mol. The molecular formula is C13H16N2O. The number of nitriles is 1. The third-order valence-electron chi connectivity index (χ3n) is 2.28. The minimum atomic E-state index is 0.633. The summed E-state index contributed by atoms with van der Waals surface area (Å²) in [6.07, 6.45) is 1.82. The Morgan fingerprint density at radius 2 is 2.25 bits per heavy atom. The van der Waals surface area contributed by atoms with Gasteiger partial charge in [0, 0.05) is 20.2 Å². The number of rotatable bonds is 6. The van der Waals surface area contributed by atoms with Crippen molar-refractivity contribution in [3.63, 3.8) is 0 Å². The lowest BCUT2D eigenvalue weighted by Crippen LogP contribution is -2.27. The van der Waals surface area contributed by atoms with E-state index >= 15 is 0 Å². The standard InChI is InChI=1S/C13H16N2O/c1-3-8-15(9-10-16-2)13-7-5-4-6-12(13)11-14/h3-7H,1,8-10H2,2H3. The van der Waals surface area contributed by atoms with Crippen molar-refractivity contribution >= 4 is 5.69 Å². The van der Waals surface area contributed by atoms with Crippen LogP contribution in [0.1, 0.15) is 5.56 Å². The van der Waals surface area contributed by atoms with E-state index in [1.807, 2.05) is 30.3 Å². The third kappa shape index (κ3) is 3.11. The average Bonchev–Trinajstić information content (AvgIpc) is 2.34. The molecule has 0 spiro atoms. The molecular weight excluding hydrogens is 200 g/mol. The van der Waals surface area contributed by atoms with E-state index in [1.165, 1.54) is 0 Å². The van der Waals surface area contributed by atoms with Crippen LogP contribution in [0, 0.1) is 11.3 Å². The molecule has 84 valence electrons. The first-order chi connectivity index (χ1) is 7.83. The van der Waals surface area contributed by atoms with E-state index in [0.29, 0.717) is 18.7 Å². The van der Waals surface area contributed by atoms with Gasteiger partial charge in [-0.15, -0.1) is 6.58 Å². The van der Waals surface area contributed by atoms with Gasteiger partial charge in [0.25, 0.3) is 0 Å². The predicted octanol–water partition coefficient (Wildman–Crippen LogP) is 2.20. The number of para-hydroxylation sites is 1. The van der Waals surface area contributed by atoms with Crippen LogP contribution in [0.25, 0.3) is 0 Å². The minimum Gasteiger partial charge on any atom is -0.383 e. The summed E-state index contributed by atoms with van der Waals surface area (Å²) in [6.45, 7) is 5.82. The van der Waals surface area contributed by atoms with Crippen LogP contribution in [0.3, 0.4) is 0 Å². The largest absolute Gasteiger partial charge is 0.383 e. The highest BCUT2D eigenvalue weighted by Crippen LogP contribution is 2.19. The van der Waals surface area contributed by atoms with Gasteiger partial charge in [-0.05, 0) is 12.1 Å². The summed E-state index contributed by atoms with van der Waals surface area (Å²) < 4.78 is 5.05. The molecule has 0 saturated carbocycles. The Balaban J connectivity index is 2.91. The summed E-state index contributed by atoms with van der Waals surface area (Å²) in [6, 6.07) is 9.75. The molecule has 16 heavy (non-hydrogen) atoms. The maximum atomic E-state index is 9.03. The molecule has 0 radical (unpaired) electrons. The molecule has 0 saturated heterocycles. The smallest absolute Gasteiger partial charge is 0.101 e. The van der Waals surface area contributed by atoms with Crippen LogP contribution in [0.5, 0.6) is 0 Å². The lowest BCUT2D eigenvalue weighted by molar-refractivity contribution is 0.206. The maximum Gasteiger partial charge on any atom is 0.101 e. The number of methoxy groups -OCH3 is 1. The van der Waals surface area contributed by atoms with Crippen LogP contribution in [-0.2, 0) is 4.74 Å². The molecule has 1 rings (SSSR count). The highest BCUT2D eigenvalue weighted by Gasteiger charge is 2.08. The molecule has 0 aliphatic rings. The number of benzene rings is 1. The van der Waals surface area contributed by atoms with Crippen molar-refractivity contribution in [1.82, 2.24) is 0 Å². The van der Waals surface area contributed by atoms with Gasteiger partial charge in [-0.25, -0.2) is 0 Å². The van der Waals surface area contributed by atoms with Gasteiger partial charge in [0.05, 0.1) is 17.9 Å². The molecule has 3 heteroatoms. The molecule has 0 aliphatic carbocycles. The Kier molecular flexibility index (Phi) is 5.10. The predicted molar refractivity (Wildman–Crippen MR) is 65.4 cm³/mol. The lowest BCUT2D eigenvalue weighted by Gasteiger charge is -2.23. The van der Waals surface area contributed by atoms with Gasteiger partial charge in [0.1, 0.15) is 6.07 Å². The van der Waals surface area contributed by atoms with Crippen LogP contribution in [0.4, 0.5) is 5.69 Å². The number of hydrogen-bond acceptors (Lipinski definition) is 3. The summed E-state index contributed by atoms with van der Waals surface area (Å²) in [7, 11) is 1.67. The molecule has 3 nitrogen and oxygen atoms in total. The Morgan fingerprint density at radius 1 is 1.50 bits per heavy atom. The molecule has 0 N–H and O–H groups in total. The highest BCUT2D eigenvalue weighted by atomic mass is 16.5. The molecule has 0 unspecified atom stereocenters.